The summed E-state index contributed by atoms with van der Waals surface area (Å²) in [7, 11) is 0. The first-order valence-electron chi connectivity index (χ1n) is 5.73. The second kappa shape index (κ2) is 4.80. The molecule has 0 aliphatic rings. The van der Waals surface area contributed by atoms with Crippen molar-refractivity contribution in [1.29, 1.82) is 5.26 Å². The molecule has 0 saturated heterocycles. The Kier molecular flexibility index (Phi) is 3.20. The topological polar surface area (TPSA) is 61.8 Å². The highest BCUT2D eigenvalue weighted by Crippen LogP contribution is 2.24. The van der Waals surface area contributed by atoms with E-state index in [1.165, 1.54) is 11.1 Å². The second-order valence-corrected chi connectivity index (χ2v) is 4.42. The molecular formula is C15H15N3. The van der Waals surface area contributed by atoms with Gasteiger partial charge >= 0.3 is 0 Å². The van der Waals surface area contributed by atoms with E-state index in [1.807, 2.05) is 32.0 Å². The number of aryl methyl sites for hydroxylation is 2. The summed E-state index contributed by atoms with van der Waals surface area (Å²) in [5.41, 5.74) is 10.9. The lowest BCUT2D eigenvalue weighted by Gasteiger charge is -2.10. The van der Waals surface area contributed by atoms with E-state index >= 15 is 0 Å². The summed E-state index contributed by atoms with van der Waals surface area (Å²) in [5, 5.41) is 12.3. The molecule has 0 bridgehead atoms. The summed E-state index contributed by atoms with van der Waals surface area (Å²) in [4.78, 5) is 0. The monoisotopic (exact) mass is 237 g/mol. The van der Waals surface area contributed by atoms with E-state index in [4.69, 9.17) is 11.0 Å². The van der Waals surface area contributed by atoms with Crippen molar-refractivity contribution in [2.45, 2.75) is 13.8 Å². The lowest BCUT2D eigenvalue weighted by Crippen LogP contribution is -1.96. The molecule has 0 radical (unpaired) electrons. The standard InChI is InChI=1S/C15H15N3/c1-10-5-11(2)7-14(6-10)18-15-4-3-13(17)8-12(15)9-16/h3-8,18H,17H2,1-2H3. The number of nitrogen functional groups attached to an aromatic ring is 1. The molecule has 0 amide bonds. The van der Waals surface area contributed by atoms with Crippen LogP contribution in [0.5, 0.6) is 0 Å². The molecule has 90 valence electrons. The Morgan fingerprint density at radius 3 is 2.33 bits per heavy atom. The highest BCUT2D eigenvalue weighted by Gasteiger charge is 2.03. The summed E-state index contributed by atoms with van der Waals surface area (Å²) in [6, 6.07) is 13.6. The van der Waals surface area contributed by atoms with Gasteiger partial charge in [0, 0.05) is 11.4 Å². The van der Waals surface area contributed by atoms with Crippen LogP contribution in [-0.4, -0.2) is 0 Å². The third kappa shape index (κ3) is 2.61. The van der Waals surface area contributed by atoms with Crippen LogP contribution in [0, 0.1) is 25.2 Å². The zero-order chi connectivity index (χ0) is 13.1. The molecule has 2 rings (SSSR count). The van der Waals surface area contributed by atoms with Crippen molar-refractivity contribution in [1.82, 2.24) is 0 Å². The number of nitrogens with two attached hydrogens (primary N) is 1. The molecule has 0 aliphatic carbocycles. The minimum atomic E-state index is 0.550. The Bertz CT molecular complexity index is 604. The fourth-order valence-electron chi connectivity index (χ4n) is 1.97. The zero-order valence-corrected chi connectivity index (χ0v) is 10.5. The Balaban J connectivity index is 2.37. The fourth-order valence-corrected chi connectivity index (χ4v) is 1.97. The first-order chi connectivity index (χ1) is 8.58. The summed E-state index contributed by atoms with van der Waals surface area (Å²) < 4.78 is 0. The van der Waals surface area contributed by atoms with E-state index in [0.717, 1.165) is 11.4 Å². The molecule has 0 spiro atoms. The fraction of sp³-hybridized carbons (Fsp3) is 0.133. The molecule has 18 heavy (non-hydrogen) atoms. The van der Waals surface area contributed by atoms with Crippen LogP contribution in [0.3, 0.4) is 0 Å². The molecule has 3 heteroatoms. The molecule has 0 aliphatic heterocycles. The van der Waals surface area contributed by atoms with Gasteiger partial charge in [-0.3, -0.25) is 0 Å². The smallest absolute Gasteiger partial charge is 0.101 e. The Labute approximate surface area is 107 Å². The summed E-state index contributed by atoms with van der Waals surface area (Å²) >= 11 is 0. The molecule has 0 atom stereocenters. The maximum atomic E-state index is 9.08. The minimum absolute atomic E-state index is 0.550. The Morgan fingerprint density at radius 2 is 1.72 bits per heavy atom. The molecule has 2 aromatic carbocycles. The molecule has 0 unspecified atom stereocenters. The van der Waals surface area contributed by atoms with Crippen molar-refractivity contribution >= 4 is 17.1 Å². The van der Waals surface area contributed by atoms with Crippen LogP contribution in [0.4, 0.5) is 17.1 Å². The zero-order valence-electron chi connectivity index (χ0n) is 10.5. The third-order valence-corrected chi connectivity index (χ3v) is 2.66. The highest BCUT2D eigenvalue weighted by atomic mass is 14.9. The Hall–Kier alpha value is -2.47. The highest BCUT2D eigenvalue weighted by molar-refractivity contribution is 5.70. The van der Waals surface area contributed by atoms with Crippen molar-refractivity contribution in [3.8, 4) is 6.07 Å². The number of nitrogens with zero attached hydrogens (tertiary/aromatic N) is 1. The van der Waals surface area contributed by atoms with Crippen LogP contribution < -0.4 is 11.1 Å². The third-order valence-electron chi connectivity index (χ3n) is 2.66. The van der Waals surface area contributed by atoms with Crippen molar-refractivity contribution in [3.05, 3.63) is 53.1 Å². The van der Waals surface area contributed by atoms with E-state index in [-0.39, 0.29) is 0 Å². The van der Waals surface area contributed by atoms with Gasteiger partial charge in [0.25, 0.3) is 0 Å². The average molecular weight is 237 g/mol. The van der Waals surface area contributed by atoms with Crippen molar-refractivity contribution in [3.63, 3.8) is 0 Å². The number of rotatable bonds is 2. The molecule has 0 aromatic heterocycles. The van der Waals surface area contributed by atoms with E-state index in [0.29, 0.717) is 11.3 Å². The van der Waals surface area contributed by atoms with Gasteiger partial charge in [-0.15, -0.1) is 0 Å². The molecule has 0 saturated carbocycles. The molecular weight excluding hydrogens is 222 g/mol. The van der Waals surface area contributed by atoms with Crippen molar-refractivity contribution in [2.75, 3.05) is 11.1 Å². The number of nitrogens with one attached hydrogen (secondary N) is 1. The number of hydrogen-bond acceptors (Lipinski definition) is 3. The first kappa shape index (κ1) is 12.0. The Morgan fingerprint density at radius 1 is 1.06 bits per heavy atom. The van der Waals surface area contributed by atoms with Gasteiger partial charge in [-0.1, -0.05) is 6.07 Å². The maximum Gasteiger partial charge on any atom is 0.101 e. The van der Waals surface area contributed by atoms with Crippen LogP contribution in [0.25, 0.3) is 0 Å². The number of anilines is 3. The van der Waals surface area contributed by atoms with Gasteiger partial charge in [0.2, 0.25) is 0 Å². The predicted molar refractivity (Wildman–Crippen MR) is 74.8 cm³/mol. The number of benzene rings is 2. The normalized spacial score (nSPS) is 9.83. The van der Waals surface area contributed by atoms with Crippen LogP contribution >= 0.6 is 0 Å². The molecule has 0 fully saturated rings. The average Bonchev–Trinajstić information content (AvgIpc) is 2.30. The summed E-state index contributed by atoms with van der Waals surface area (Å²) in [5.74, 6) is 0. The molecule has 3 N–H and O–H groups in total. The summed E-state index contributed by atoms with van der Waals surface area (Å²) in [6.07, 6.45) is 0. The van der Waals surface area contributed by atoms with Gasteiger partial charge in [0.1, 0.15) is 6.07 Å². The molecule has 0 heterocycles. The number of nitriles is 1. The second-order valence-electron chi connectivity index (χ2n) is 4.42. The van der Waals surface area contributed by atoms with Crippen LogP contribution in [0.1, 0.15) is 16.7 Å². The van der Waals surface area contributed by atoms with Gasteiger partial charge in [-0.25, -0.2) is 0 Å². The minimum Gasteiger partial charge on any atom is -0.399 e. The summed E-state index contributed by atoms with van der Waals surface area (Å²) in [6.45, 7) is 4.10. The van der Waals surface area contributed by atoms with E-state index in [9.17, 15) is 0 Å². The predicted octanol–water partition coefficient (Wildman–Crippen LogP) is 3.50. The largest absolute Gasteiger partial charge is 0.399 e. The maximum absolute atomic E-state index is 9.08. The van der Waals surface area contributed by atoms with Crippen LogP contribution in [0.15, 0.2) is 36.4 Å². The molecule has 3 nitrogen and oxygen atoms in total. The number of hydrogen-bond donors (Lipinski definition) is 2. The first-order valence-corrected chi connectivity index (χ1v) is 5.73. The van der Waals surface area contributed by atoms with Crippen molar-refractivity contribution in [2.24, 2.45) is 0 Å². The van der Waals surface area contributed by atoms with Gasteiger partial charge in [-0.05, 0) is 55.3 Å². The lowest BCUT2D eigenvalue weighted by molar-refractivity contribution is 1.37. The van der Waals surface area contributed by atoms with E-state index in [1.54, 1.807) is 12.1 Å². The van der Waals surface area contributed by atoms with E-state index in [2.05, 4.69) is 17.5 Å². The van der Waals surface area contributed by atoms with Gasteiger partial charge in [0.15, 0.2) is 0 Å². The van der Waals surface area contributed by atoms with Gasteiger partial charge < -0.3 is 11.1 Å². The van der Waals surface area contributed by atoms with Gasteiger partial charge in [-0.2, -0.15) is 5.26 Å². The van der Waals surface area contributed by atoms with E-state index < -0.39 is 0 Å². The van der Waals surface area contributed by atoms with Crippen molar-refractivity contribution < 1.29 is 0 Å². The SMILES string of the molecule is Cc1cc(C)cc(Nc2ccc(N)cc2C#N)c1. The van der Waals surface area contributed by atoms with Gasteiger partial charge in [0.05, 0.1) is 11.3 Å². The van der Waals surface area contributed by atoms with Crippen LogP contribution in [-0.2, 0) is 0 Å². The quantitative estimate of drug-likeness (QED) is 0.786. The molecule has 2 aromatic rings. The van der Waals surface area contributed by atoms with Crippen LogP contribution in [0.2, 0.25) is 0 Å². The lowest BCUT2D eigenvalue weighted by atomic mass is 10.1.